The molecule has 108 valence electrons. The Hall–Kier alpha value is -0.270. The van der Waals surface area contributed by atoms with Crippen molar-refractivity contribution >= 4 is 40.8 Å². The maximum Gasteiger partial charge on any atom is 0.230 e. The van der Waals surface area contributed by atoms with Gasteiger partial charge < -0.3 is 5.32 Å². The number of hydrogen-bond acceptors (Lipinski definition) is 6. The second-order valence-electron chi connectivity index (χ2n) is 4.29. The van der Waals surface area contributed by atoms with Crippen molar-refractivity contribution in [3.05, 3.63) is 0 Å². The second-order valence-corrected chi connectivity index (χ2v) is 7.54. The molecule has 7 heteroatoms. The minimum Gasteiger partial charge on any atom is -0.353 e. The van der Waals surface area contributed by atoms with Crippen molar-refractivity contribution in [3.8, 4) is 0 Å². The standard InChI is InChI=1S/C12H21N3OS3/c1-4-5-6-7-9(2)13-10(16)8-18-12-15-14-11(17-3)19-12/h9H,4-8H2,1-3H3,(H,13,16). The third kappa shape index (κ3) is 7.17. The summed E-state index contributed by atoms with van der Waals surface area (Å²) in [5.74, 6) is 0.496. The summed E-state index contributed by atoms with van der Waals surface area (Å²) in [6.45, 7) is 4.25. The van der Waals surface area contributed by atoms with Gasteiger partial charge in [-0.2, -0.15) is 0 Å². The summed E-state index contributed by atoms with van der Waals surface area (Å²) in [6, 6.07) is 0.260. The number of carbonyl (C=O) groups excluding carboxylic acids is 1. The molecule has 0 radical (unpaired) electrons. The fourth-order valence-corrected chi connectivity index (χ4v) is 3.80. The van der Waals surface area contributed by atoms with Crippen molar-refractivity contribution in [2.24, 2.45) is 0 Å². The lowest BCUT2D eigenvalue weighted by atomic mass is 10.1. The molecule has 0 aromatic carbocycles. The molecule has 0 saturated carbocycles. The van der Waals surface area contributed by atoms with Crippen LogP contribution in [0.1, 0.15) is 39.5 Å². The Morgan fingerprint density at radius 2 is 2.11 bits per heavy atom. The van der Waals surface area contributed by atoms with E-state index in [1.165, 1.54) is 42.4 Å². The molecule has 0 aliphatic heterocycles. The maximum absolute atomic E-state index is 11.8. The molecule has 0 fully saturated rings. The summed E-state index contributed by atoms with van der Waals surface area (Å²) in [5.41, 5.74) is 0. The first-order valence-corrected chi connectivity index (χ1v) is 9.48. The normalized spacial score (nSPS) is 12.4. The molecular weight excluding hydrogens is 298 g/mol. The Morgan fingerprint density at radius 3 is 2.74 bits per heavy atom. The van der Waals surface area contributed by atoms with Gasteiger partial charge in [0.25, 0.3) is 0 Å². The Labute approximate surface area is 127 Å². The fraction of sp³-hybridized carbons (Fsp3) is 0.750. The van der Waals surface area contributed by atoms with E-state index in [0.717, 1.165) is 15.1 Å². The first-order valence-electron chi connectivity index (χ1n) is 6.45. The van der Waals surface area contributed by atoms with Gasteiger partial charge in [0.1, 0.15) is 0 Å². The molecule has 1 amide bonds. The number of unbranched alkanes of at least 4 members (excludes halogenated alkanes) is 2. The minimum absolute atomic E-state index is 0.0786. The third-order valence-corrected chi connectivity index (χ3v) is 5.57. The lowest BCUT2D eigenvalue weighted by molar-refractivity contribution is -0.119. The molecule has 0 aliphatic carbocycles. The van der Waals surface area contributed by atoms with Crippen molar-refractivity contribution in [2.45, 2.75) is 54.3 Å². The molecule has 0 spiro atoms. The van der Waals surface area contributed by atoms with E-state index in [9.17, 15) is 4.79 Å². The molecule has 1 rings (SSSR count). The topological polar surface area (TPSA) is 54.9 Å². The van der Waals surface area contributed by atoms with E-state index in [2.05, 4.69) is 29.4 Å². The van der Waals surface area contributed by atoms with Gasteiger partial charge in [-0.15, -0.1) is 10.2 Å². The number of aromatic nitrogens is 2. The summed E-state index contributed by atoms with van der Waals surface area (Å²) in [5, 5.41) is 11.1. The smallest absolute Gasteiger partial charge is 0.230 e. The van der Waals surface area contributed by atoms with Crippen LogP contribution in [0.15, 0.2) is 8.68 Å². The monoisotopic (exact) mass is 319 g/mol. The predicted molar refractivity (Wildman–Crippen MR) is 84.2 cm³/mol. The Bertz CT molecular complexity index is 384. The predicted octanol–water partition coefficient (Wildman–Crippen LogP) is 3.44. The van der Waals surface area contributed by atoms with Crippen LogP contribution < -0.4 is 5.32 Å². The molecule has 1 unspecified atom stereocenters. The Kier molecular flexibility index (Phi) is 8.48. The van der Waals surface area contributed by atoms with Gasteiger partial charge in [-0.3, -0.25) is 4.79 Å². The van der Waals surface area contributed by atoms with Crippen LogP contribution in [0.25, 0.3) is 0 Å². The summed E-state index contributed by atoms with van der Waals surface area (Å²) in [7, 11) is 0. The summed E-state index contributed by atoms with van der Waals surface area (Å²) in [4.78, 5) is 11.8. The molecule has 1 aromatic heterocycles. The third-order valence-electron chi connectivity index (χ3n) is 2.54. The molecule has 19 heavy (non-hydrogen) atoms. The molecule has 0 bridgehead atoms. The molecule has 0 aliphatic rings. The van der Waals surface area contributed by atoms with E-state index in [1.54, 1.807) is 11.8 Å². The van der Waals surface area contributed by atoms with E-state index < -0.39 is 0 Å². The SMILES string of the molecule is CCCCCC(C)NC(=O)CSc1nnc(SC)s1. The molecule has 0 saturated heterocycles. The molecule has 4 nitrogen and oxygen atoms in total. The van der Waals surface area contributed by atoms with E-state index in [-0.39, 0.29) is 11.9 Å². The number of nitrogens with one attached hydrogen (secondary N) is 1. The number of carbonyl (C=O) groups is 1. The van der Waals surface area contributed by atoms with Gasteiger partial charge in [0.2, 0.25) is 5.91 Å². The van der Waals surface area contributed by atoms with Gasteiger partial charge in [-0.25, -0.2) is 0 Å². The number of rotatable bonds is 9. The largest absolute Gasteiger partial charge is 0.353 e. The van der Waals surface area contributed by atoms with Crippen molar-refractivity contribution in [1.29, 1.82) is 0 Å². The van der Waals surface area contributed by atoms with E-state index in [1.807, 2.05) is 6.26 Å². The van der Waals surface area contributed by atoms with E-state index in [4.69, 9.17) is 0 Å². The Balaban J connectivity index is 2.20. The highest BCUT2D eigenvalue weighted by atomic mass is 32.2. The van der Waals surface area contributed by atoms with Gasteiger partial charge in [-0.05, 0) is 19.6 Å². The molecular formula is C12H21N3OS3. The van der Waals surface area contributed by atoms with Crippen LogP contribution in [-0.4, -0.2) is 34.2 Å². The van der Waals surface area contributed by atoms with Crippen LogP contribution in [0.5, 0.6) is 0 Å². The van der Waals surface area contributed by atoms with Crippen LogP contribution in [0, 0.1) is 0 Å². The number of thioether (sulfide) groups is 2. The highest BCUT2D eigenvalue weighted by Crippen LogP contribution is 2.26. The zero-order valence-electron chi connectivity index (χ0n) is 11.6. The van der Waals surface area contributed by atoms with E-state index >= 15 is 0 Å². The van der Waals surface area contributed by atoms with Gasteiger partial charge in [-0.1, -0.05) is 61.0 Å². The first-order chi connectivity index (χ1) is 9.15. The van der Waals surface area contributed by atoms with Crippen molar-refractivity contribution < 1.29 is 4.79 Å². The first kappa shape index (κ1) is 16.8. The second kappa shape index (κ2) is 9.61. The molecule has 1 N–H and O–H groups in total. The van der Waals surface area contributed by atoms with E-state index in [0.29, 0.717) is 5.75 Å². The molecule has 1 atom stereocenters. The van der Waals surface area contributed by atoms with Crippen LogP contribution in [-0.2, 0) is 4.79 Å². The highest BCUT2D eigenvalue weighted by molar-refractivity contribution is 8.03. The van der Waals surface area contributed by atoms with Crippen molar-refractivity contribution in [1.82, 2.24) is 15.5 Å². The Morgan fingerprint density at radius 1 is 1.37 bits per heavy atom. The zero-order valence-corrected chi connectivity index (χ0v) is 14.1. The lowest BCUT2D eigenvalue weighted by Gasteiger charge is -2.12. The van der Waals surface area contributed by atoms with Crippen LogP contribution in [0.4, 0.5) is 0 Å². The zero-order chi connectivity index (χ0) is 14.1. The summed E-state index contributed by atoms with van der Waals surface area (Å²) in [6.07, 6.45) is 6.65. The van der Waals surface area contributed by atoms with Crippen LogP contribution >= 0.6 is 34.9 Å². The maximum atomic E-state index is 11.8. The summed E-state index contributed by atoms with van der Waals surface area (Å²) >= 11 is 4.57. The van der Waals surface area contributed by atoms with Gasteiger partial charge in [0.05, 0.1) is 5.75 Å². The molecule has 1 aromatic rings. The van der Waals surface area contributed by atoms with Gasteiger partial charge >= 0.3 is 0 Å². The minimum atomic E-state index is 0.0786. The van der Waals surface area contributed by atoms with Gasteiger partial charge in [0, 0.05) is 6.04 Å². The fourth-order valence-electron chi connectivity index (χ4n) is 1.55. The van der Waals surface area contributed by atoms with Crippen LogP contribution in [0.3, 0.4) is 0 Å². The summed E-state index contributed by atoms with van der Waals surface area (Å²) < 4.78 is 1.80. The van der Waals surface area contributed by atoms with Crippen molar-refractivity contribution in [3.63, 3.8) is 0 Å². The van der Waals surface area contributed by atoms with Gasteiger partial charge in [0.15, 0.2) is 8.68 Å². The average Bonchev–Trinajstić information content (AvgIpc) is 2.84. The molecule has 1 heterocycles. The highest BCUT2D eigenvalue weighted by Gasteiger charge is 2.10. The van der Waals surface area contributed by atoms with Crippen molar-refractivity contribution in [2.75, 3.05) is 12.0 Å². The number of nitrogens with zero attached hydrogens (tertiary/aromatic N) is 2. The average molecular weight is 320 g/mol. The van der Waals surface area contributed by atoms with Crippen LogP contribution in [0.2, 0.25) is 0 Å². The number of amides is 1. The lowest BCUT2D eigenvalue weighted by Crippen LogP contribution is -2.33. The quantitative estimate of drug-likeness (QED) is 0.558. The number of hydrogen-bond donors (Lipinski definition) is 1.